The normalized spacial score (nSPS) is 21.7. The van der Waals surface area contributed by atoms with Crippen LogP contribution in [-0.4, -0.2) is 66.4 Å². The number of amides is 2. The van der Waals surface area contributed by atoms with Gasteiger partial charge in [0.1, 0.15) is 5.82 Å². The minimum absolute atomic E-state index is 0.113. The Morgan fingerprint density at radius 2 is 1.88 bits per heavy atom. The summed E-state index contributed by atoms with van der Waals surface area (Å²) < 4.78 is 0. The van der Waals surface area contributed by atoms with Gasteiger partial charge < -0.3 is 25.8 Å². The van der Waals surface area contributed by atoms with E-state index in [0.29, 0.717) is 24.0 Å². The molecule has 33 heavy (non-hydrogen) atoms. The lowest BCUT2D eigenvalue weighted by Crippen LogP contribution is -2.46. The Kier molecular flexibility index (Phi) is 6.83. The van der Waals surface area contributed by atoms with Crippen molar-refractivity contribution in [2.75, 3.05) is 55.7 Å². The van der Waals surface area contributed by atoms with E-state index in [1.165, 1.54) is 11.9 Å². The average Bonchev–Trinajstić information content (AvgIpc) is 2.81. The predicted molar refractivity (Wildman–Crippen MR) is 131 cm³/mol. The number of piperidine rings is 1. The molecule has 3 N–H and O–H groups in total. The number of rotatable bonds is 3. The molecule has 2 unspecified atom stereocenters. The maximum atomic E-state index is 13.3. The number of carbonyl (C=O) groups is 2. The quantitative estimate of drug-likeness (QED) is 0.698. The van der Waals surface area contributed by atoms with Crippen LogP contribution in [0.4, 0.5) is 17.2 Å². The molecular formula is C25H34N6O2. The van der Waals surface area contributed by atoms with E-state index >= 15 is 0 Å². The van der Waals surface area contributed by atoms with E-state index in [9.17, 15) is 9.59 Å². The van der Waals surface area contributed by atoms with Crippen LogP contribution in [0.2, 0.25) is 0 Å². The van der Waals surface area contributed by atoms with Crippen LogP contribution in [0, 0.1) is 12.8 Å². The second-order valence-electron chi connectivity index (χ2n) is 9.42. The number of likely N-dealkylation sites (N-methyl/N-ethyl adjacent to an activating group) is 1. The summed E-state index contributed by atoms with van der Waals surface area (Å²) in [5.41, 5.74) is 9.26. The largest absolute Gasteiger partial charge is 0.383 e. The number of hydrogen-bond donors (Lipinski definition) is 2. The maximum Gasteiger partial charge on any atom is 0.313 e. The van der Waals surface area contributed by atoms with Crippen LogP contribution >= 0.6 is 0 Å². The van der Waals surface area contributed by atoms with Gasteiger partial charge in [0.25, 0.3) is 0 Å². The molecule has 1 aromatic carbocycles. The highest BCUT2D eigenvalue weighted by atomic mass is 16.2. The number of nitrogens with two attached hydrogens (primary N) is 1. The van der Waals surface area contributed by atoms with Crippen LogP contribution in [0.25, 0.3) is 0 Å². The Balaban J connectivity index is 1.52. The summed E-state index contributed by atoms with van der Waals surface area (Å²) in [5, 5.41) is 2.70. The topological polar surface area (TPSA) is 94.8 Å². The molecule has 1 aromatic heterocycles. The van der Waals surface area contributed by atoms with E-state index in [1.54, 1.807) is 11.0 Å². The molecule has 2 fully saturated rings. The lowest BCUT2D eigenvalue weighted by Gasteiger charge is -2.39. The summed E-state index contributed by atoms with van der Waals surface area (Å²) >= 11 is 0. The highest BCUT2D eigenvalue weighted by molar-refractivity contribution is 6.39. The fourth-order valence-electron chi connectivity index (χ4n) is 4.69. The third-order valence-corrected chi connectivity index (χ3v) is 6.77. The maximum absolute atomic E-state index is 13.3. The molecular weight excluding hydrogens is 416 g/mol. The molecule has 2 aromatic rings. The van der Waals surface area contributed by atoms with Gasteiger partial charge >= 0.3 is 11.8 Å². The van der Waals surface area contributed by atoms with Gasteiger partial charge in [-0.3, -0.25) is 9.59 Å². The van der Waals surface area contributed by atoms with Crippen LogP contribution < -0.4 is 16.0 Å². The van der Waals surface area contributed by atoms with Crippen molar-refractivity contribution in [3.63, 3.8) is 0 Å². The third-order valence-electron chi connectivity index (χ3n) is 6.77. The van der Waals surface area contributed by atoms with E-state index < -0.39 is 11.8 Å². The Morgan fingerprint density at radius 3 is 2.61 bits per heavy atom. The van der Waals surface area contributed by atoms with Gasteiger partial charge in [0.05, 0.1) is 17.9 Å². The number of pyridine rings is 1. The number of nitrogens with one attached hydrogen (secondary N) is 1. The first-order valence-corrected chi connectivity index (χ1v) is 11.7. The number of aromatic nitrogens is 1. The molecule has 2 amide bonds. The van der Waals surface area contributed by atoms with E-state index in [2.05, 4.69) is 58.3 Å². The molecule has 0 bridgehead atoms. The number of nitrogens with zero attached hydrogens (tertiary/aromatic N) is 4. The summed E-state index contributed by atoms with van der Waals surface area (Å²) in [4.78, 5) is 36.7. The Morgan fingerprint density at radius 1 is 1.12 bits per heavy atom. The number of anilines is 3. The molecule has 4 rings (SSSR count). The molecule has 8 nitrogen and oxygen atoms in total. The molecule has 0 saturated carbocycles. The van der Waals surface area contributed by atoms with Crippen LogP contribution in [0.1, 0.15) is 36.9 Å². The van der Waals surface area contributed by atoms with Crippen molar-refractivity contribution in [2.45, 2.75) is 32.7 Å². The third kappa shape index (κ3) is 5.27. The Hall–Kier alpha value is -3.13. The fraction of sp³-hybridized carbons (Fsp3) is 0.480. The van der Waals surface area contributed by atoms with Crippen molar-refractivity contribution < 1.29 is 9.59 Å². The molecule has 2 aliphatic heterocycles. The fourth-order valence-corrected chi connectivity index (χ4v) is 4.69. The summed E-state index contributed by atoms with van der Waals surface area (Å²) in [5.74, 6) is -0.398. The molecule has 0 radical (unpaired) electrons. The van der Waals surface area contributed by atoms with Crippen LogP contribution in [0.3, 0.4) is 0 Å². The monoisotopic (exact) mass is 450 g/mol. The summed E-state index contributed by atoms with van der Waals surface area (Å²) in [6.45, 7) is 8.56. The minimum atomic E-state index is -0.643. The zero-order chi connectivity index (χ0) is 23.5. The Labute approximate surface area is 195 Å². The van der Waals surface area contributed by atoms with Gasteiger partial charge in [-0.2, -0.15) is 0 Å². The smallest absolute Gasteiger partial charge is 0.313 e. The van der Waals surface area contributed by atoms with Gasteiger partial charge in [0, 0.05) is 38.4 Å². The van der Waals surface area contributed by atoms with Gasteiger partial charge in [-0.05, 0) is 62.1 Å². The lowest BCUT2D eigenvalue weighted by molar-refractivity contribution is -0.146. The summed E-state index contributed by atoms with van der Waals surface area (Å²) in [6.07, 6.45) is 3.34. The van der Waals surface area contributed by atoms with Gasteiger partial charge in [0.2, 0.25) is 0 Å². The predicted octanol–water partition coefficient (Wildman–Crippen LogP) is 2.66. The molecule has 2 atom stereocenters. The standard InChI is InChI=1S/C25H34N6O2/c1-17-7-8-22(19-5-4-6-21(14-19)30-11-9-29(3)10-12-30)31(16-17)25(33)24(32)28-20-13-18(2)23(26)27-15-20/h4-6,13-15,17,22H,7-12,16H2,1-3H3,(H2,26,27)(H,28,32). The van der Waals surface area contributed by atoms with E-state index in [0.717, 1.165) is 50.1 Å². The van der Waals surface area contributed by atoms with E-state index in [-0.39, 0.29) is 6.04 Å². The van der Waals surface area contributed by atoms with Crippen LogP contribution in [-0.2, 0) is 9.59 Å². The number of likely N-dealkylation sites (tertiary alicyclic amines) is 1. The van der Waals surface area contributed by atoms with Gasteiger partial charge in [-0.25, -0.2) is 4.98 Å². The first kappa shape index (κ1) is 23.0. The molecule has 8 heteroatoms. The number of aryl methyl sites for hydroxylation is 1. The average molecular weight is 451 g/mol. The minimum Gasteiger partial charge on any atom is -0.383 e. The number of carbonyl (C=O) groups excluding carboxylic acids is 2. The van der Waals surface area contributed by atoms with Crippen molar-refractivity contribution in [3.8, 4) is 0 Å². The lowest BCUT2D eigenvalue weighted by atomic mass is 9.89. The molecule has 3 heterocycles. The van der Waals surface area contributed by atoms with Crippen molar-refractivity contribution in [1.29, 1.82) is 0 Å². The van der Waals surface area contributed by atoms with Crippen LogP contribution in [0.15, 0.2) is 36.5 Å². The number of piperazine rings is 1. The summed E-state index contributed by atoms with van der Waals surface area (Å²) in [7, 11) is 2.15. The van der Waals surface area contributed by atoms with Crippen molar-refractivity contribution in [3.05, 3.63) is 47.7 Å². The first-order valence-electron chi connectivity index (χ1n) is 11.7. The van der Waals surface area contributed by atoms with Crippen molar-refractivity contribution in [2.24, 2.45) is 5.92 Å². The first-order chi connectivity index (χ1) is 15.8. The van der Waals surface area contributed by atoms with Gasteiger partial charge in [-0.15, -0.1) is 0 Å². The molecule has 176 valence electrons. The van der Waals surface area contributed by atoms with Crippen molar-refractivity contribution >= 4 is 29.0 Å². The van der Waals surface area contributed by atoms with Gasteiger partial charge in [0.15, 0.2) is 0 Å². The van der Waals surface area contributed by atoms with E-state index in [1.807, 2.05) is 6.92 Å². The second kappa shape index (κ2) is 9.79. The number of nitrogen functional groups attached to an aromatic ring is 1. The molecule has 2 aliphatic rings. The highest BCUT2D eigenvalue weighted by Crippen LogP contribution is 2.35. The SMILES string of the molecule is Cc1cc(NC(=O)C(=O)N2CC(C)CCC2c2cccc(N3CCN(C)CC3)c2)cnc1N. The van der Waals surface area contributed by atoms with E-state index in [4.69, 9.17) is 5.73 Å². The summed E-state index contributed by atoms with van der Waals surface area (Å²) in [6, 6.07) is 10.1. The van der Waals surface area contributed by atoms with Crippen LogP contribution in [0.5, 0.6) is 0 Å². The molecule has 0 spiro atoms. The number of hydrogen-bond acceptors (Lipinski definition) is 6. The van der Waals surface area contributed by atoms with Gasteiger partial charge in [-0.1, -0.05) is 19.1 Å². The highest BCUT2D eigenvalue weighted by Gasteiger charge is 2.34. The zero-order valence-electron chi connectivity index (χ0n) is 19.8. The zero-order valence-corrected chi connectivity index (χ0v) is 19.8. The van der Waals surface area contributed by atoms with Crippen molar-refractivity contribution in [1.82, 2.24) is 14.8 Å². The molecule has 2 saturated heterocycles. The second-order valence-corrected chi connectivity index (χ2v) is 9.42. The molecule has 0 aliphatic carbocycles. The number of benzene rings is 1. The Bertz CT molecular complexity index is 1020.